The summed E-state index contributed by atoms with van der Waals surface area (Å²) in [4.78, 5) is 14.7. The van der Waals surface area contributed by atoms with E-state index in [-0.39, 0.29) is 5.91 Å². The van der Waals surface area contributed by atoms with Crippen LogP contribution in [0.2, 0.25) is 0 Å². The van der Waals surface area contributed by atoms with Crippen LogP contribution in [0.5, 0.6) is 5.75 Å². The normalized spacial score (nSPS) is 15.0. The van der Waals surface area contributed by atoms with Gasteiger partial charge in [-0.3, -0.25) is 14.4 Å². The van der Waals surface area contributed by atoms with Crippen LogP contribution in [0, 0.1) is 6.92 Å². The van der Waals surface area contributed by atoms with Gasteiger partial charge in [0.2, 0.25) is 0 Å². The minimum atomic E-state index is -0.148. The van der Waals surface area contributed by atoms with Gasteiger partial charge < -0.3 is 14.8 Å². The zero-order chi connectivity index (χ0) is 18.5. The Bertz CT molecular complexity index is 766. The van der Waals surface area contributed by atoms with E-state index >= 15 is 0 Å². The maximum atomic E-state index is 12.4. The zero-order valence-corrected chi connectivity index (χ0v) is 15.6. The molecule has 1 aliphatic heterocycles. The molecule has 1 N–H and O–H groups in total. The third-order valence-corrected chi connectivity index (χ3v) is 4.62. The highest BCUT2D eigenvalue weighted by Gasteiger charge is 2.15. The number of aryl methyl sites for hydroxylation is 2. The lowest BCUT2D eigenvalue weighted by Crippen LogP contribution is -2.41. The van der Waals surface area contributed by atoms with Gasteiger partial charge in [0.1, 0.15) is 5.75 Å². The summed E-state index contributed by atoms with van der Waals surface area (Å²) in [6.45, 7) is 6.79. The number of ether oxygens (including phenoxy) is 2. The fourth-order valence-corrected chi connectivity index (χ4v) is 3.13. The van der Waals surface area contributed by atoms with Crippen molar-refractivity contribution in [3.05, 3.63) is 35.5 Å². The molecule has 0 bridgehead atoms. The summed E-state index contributed by atoms with van der Waals surface area (Å²) in [6.07, 6.45) is 0. The molecular formula is C19H26N4O3. The van der Waals surface area contributed by atoms with E-state index in [0.29, 0.717) is 12.2 Å². The highest BCUT2D eigenvalue weighted by Crippen LogP contribution is 2.26. The van der Waals surface area contributed by atoms with Crippen molar-refractivity contribution in [1.82, 2.24) is 20.0 Å². The fraction of sp³-hybridized carbons (Fsp3) is 0.474. The van der Waals surface area contributed by atoms with Crippen LogP contribution in [0.3, 0.4) is 0 Å². The molecule has 0 unspecified atom stereocenters. The molecular weight excluding hydrogens is 332 g/mol. The van der Waals surface area contributed by atoms with Crippen molar-refractivity contribution in [3.63, 3.8) is 0 Å². The molecule has 26 heavy (non-hydrogen) atoms. The molecule has 7 nitrogen and oxygen atoms in total. The standard InChI is InChI=1S/C19H26N4O3/c1-14-12-15(4-5-18(14)25-3)17-13-16(21-22(17)2)19(24)20-6-7-23-8-10-26-11-9-23/h4-5,12-13H,6-11H2,1-3H3,(H,20,24). The van der Waals surface area contributed by atoms with Crippen LogP contribution in [-0.2, 0) is 11.8 Å². The van der Waals surface area contributed by atoms with Crippen LogP contribution in [0.1, 0.15) is 16.1 Å². The van der Waals surface area contributed by atoms with Gasteiger partial charge in [-0.25, -0.2) is 0 Å². The number of carbonyl (C=O) groups is 1. The predicted molar refractivity (Wildman–Crippen MR) is 99.5 cm³/mol. The summed E-state index contributed by atoms with van der Waals surface area (Å²) in [7, 11) is 3.50. The number of aromatic nitrogens is 2. The first-order valence-electron chi connectivity index (χ1n) is 8.86. The molecule has 0 spiro atoms. The Hall–Kier alpha value is -2.38. The van der Waals surface area contributed by atoms with Crippen LogP contribution in [0.15, 0.2) is 24.3 Å². The maximum Gasteiger partial charge on any atom is 0.271 e. The summed E-state index contributed by atoms with van der Waals surface area (Å²) in [6, 6.07) is 7.77. The van der Waals surface area contributed by atoms with Crippen LogP contribution >= 0.6 is 0 Å². The topological polar surface area (TPSA) is 68.6 Å². The minimum absolute atomic E-state index is 0.148. The molecule has 1 saturated heterocycles. The number of amides is 1. The van der Waals surface area contributed by atoms with Crippen molar-refractivity contribution in [1.29, 1.82) is 0 Å². The molecule has 0 aliphatic carbocycles. The van der Waals surface area contributed by atoms with Gasteiger partial charge in [0.15, 0.2) is 5.69 Å². The molecule has 0 radical (unpaired) electrons. The average molecular weight is 358 g/mol. The molecule has 3 rings (SSSR count). The van der Waals surface area contributed by atoms with Gasteiger partial charge in [0, 0.05) is 38.8 Å². The lowest BCUT2D eigenvalue weighted by molar-refractivity contribution is 0.0383. The fourth-order valence-electron chi connectivity index (χ4n) is 3.13. The van der Waals surface area contributed by atoms with Gasteiger partial charge in [-0.05, 0) is 36.8 Å². The number of hydrogen-bond donors (Lipinski definition) is 1. The Kier molecular flexibility index (Phi) is 5.90. The quantitative estimate of drug-likeness (QED) is 0.847. The number of nitrogens with one attached hydrogen (secondary N) is 1. The van der Waals surface area contributed by atoms with E-state index in [4.69, 9.17) is 9.47 Å². The summed E-state index contributed by atoms with van der Waals surface area (Å²) >= 11 is 0. The van der Waals surface area contributed by atoms with Crippen LogP contribution in [-0.4, -0.2) is 67.1 Å². The molecule has 1 amide bonds. The molecule has 1 aliphatic rings. The second-order valence-corrected chi connectivity index (χ2v) is 6.43. The molecule has 0 saturated carbocycles. The molecule has 2 heterocycles. The van der Waals surface area contributed by atoms with E-state index in [1.807, 2.05) is 38.2 Å². The number of carbonyl (C=O) groups excluding carboxylic acids is 1. The van der Waals surface area contributed by atoms with Crippen LogP contribution in [0.25, 0.3) is 11.3 Å². The lowest BCUT2D eigenvalue weighted by Gasteiger charge is -2.26. The minimum Gasteiger partial charge on any atom is -0.496 e. The highest BCUT2D eigenvalue weighted by molar-refractivity contribution is 5.93. The van der Waals surface area contributed by atoms with E-state index in [1.165, 1.54) is 0 Å². The second-order valence-electron chi connectivity index (χ2n) is 6.43. The third kappa shape index (κ3) is 4.23. The first-order chi connectivity index (χ1) is 12.6. The molecule has 1 aromatic heterocycles. The molecule has 2 aromatic rings. The van der Waals surface area contributed by atoms with E-state index in [2.05, 4.69) is 15.3 Å². The van der Waals surface area contributed by atoms with E-state index in [9.17, 15) is 4.79 Å². The first-order valence-corrected chi connectivity index (χ1v) is 8.86. The number of nitrogens with zero attached hydrogens (tertiary/aromatic N) is 3. The van der Waals surface area contributed by atoms with Gasteiger partial charge >= 0.3 is 0 Å². The lowest BCUT2D eigenvalue weighted by atomic mass is 10.1. The van der Waals surface area contributed by atoms with Crippen molar-refractivity contribution in [2.24, 2.45) is 7.05 Å². The first kappa shape index (κ1) is 18.4. The zero-order valence-electron chi connectivity index (χ0n) is 15.6. The molecule has 1 aromatic carbocycles. The van der Waals surface area contributed by atoms with Crippen molar-refractivity contribution in [3.8, 4) is 17.0 Å². The number of morpholine rings is 1. The van der Waals surface area contributed by atoms with Gasteiger partial charge in [-0.1, -0.05) is 0 Å². The third-order valence-electron chi connectivity index (χ3n) is 4.62. The van der Waals surface area contributed by atoms with Gasteiger partial charge in [0.25, 0.3) is 5.91 Å². The summed E-state index contributed by atoms with van der Waals surface area (Å²) < 4.78 is 12.4. The Morgan fingerprint density at radius 1 is 1.31 bits per heavy atom. The van der Waals surface area contributed by atoms with Crippen LogP contribution in [0.4, 0.5) is 0 Å². The monoisotopic (exact) mass is 358 g/mol. The Labute approximate surface area is 153 Å². The molecule has 1 fully saturated rings. The van der Waals surface area contributed by atoms with Gasteiger partial charge in [-0.2, -0.15) is 5.10 Å². The SMILES string of the molecule is COc1ccc(-c2cc(C(=O)NCCN3CCOCC3)nn2C)cc1C. The average Bonchev–Trinajstić information content (AvgIpc) is 3.04. The van der Waals surface area contributed by atoms with Crippen molar-refractivity contribution in [2.75, 3.05) is 46.5 Å². The predicted octanol–water partition coefficient (Wildman–Crippen LogP) is 1.47. The van der Waals surface area contributed by atoms with E-state index in [1.54, 1.807) is 11.8 Å². The van der Waals surface area contributed by atoms with Crippen molar-refractivity contribution in [2.45, 2.75) is 6.92 Å². The van der Waals surface area contributed by atoms with Gasteiger partial charge in [-0.15, -0.1) is 0 Å². The Balaban J connectivity index is 1.63. The van der Waals surface area contributed by atoms with E-state index < -0.39 is 0 Å². The van der Waals surface area contributed by atoms with Gasteiger partial charge in [0.05, 0.1) is 26.0 Å². The molecule has 140 valence electrons. The molecule has 7 heteroatoms. The maximum absolute atomic E-state index is 12.4. The largest absolute Gasteiger partial charge is 0.496 e. The number of benzene rings is 1. The highest BCUT2D eigenvalue weighted by atomic mass is 16.5. The smallest absolute Gasteiger partial charge is 0.271 e. The number of rotatable bonds is 6. The number of hydrogen-bond acceptors (Lipinski definition) is 5. The van der Waals surface area contributed by atoms with Crippen molar-refractivity contribution >= 4 is 5.91 Å². The van der Waals surface area contributed by atoms with E-state index in [0.717, 1.165) is 55.4 Å². The Morgan fingerprint density at radius 2 is 2.08 bits per heavy atom. The molecule has 0 atom stereocenters. The number of methoxy groups -OCH3 is 1. The second kappa shape index (κ2) is 8.33. The van der Waals surface area contributed by atoms with Crippen molar-refractivity contribution < 1.29 is 14.3 Å². The summed E-state index contributed by atoms with van der Waals surface area (Å²) in [5.41, 5.74) is 3.38. The van der Waals surface area contributed by atoms with Crippen LogP contribution < -0.4 is 10.1 Å². The summed E-state index contributed by atoms with van der Waals surface area (Å²) in [5, 5.41) is 7.32. The summed E-state index contributed by atoms with van der Waals surface area (Å²) in [5.74, 6) is 0.697. The Morgan fingerprint density at radius 3 is 2.77 bits per heavy atom.